The molecule has 2 aromatic heterocycles. The fourth-order valence-electron chi connectivity index (χ4n) is 3.35. The van der Waals surface area contributed by atoms with Crippen molar-refractivity contribution in [3.63, 3.8) is 0 Å². The van der Waals surface area contributed by atoms with Gasteiger partial charge < -0.3 is 10.2 Å². The summed E-state index contributed by atoms with van der Waals surface area (Å²) in [5.41, 5.74) is 4.07. The summed E-state index contributed by atoms with van der Waals surface area (Å²) < 4.78 is 0. The molecule has 0 saturated heterocycles. The van der Waals surface area contributed by atoms with Gasteiger partial charge in [-0.2, -0.15) is 11.3 Å². The van der Waals surface area contributed by atoms with Crippen molar-refractivity contribution < 1.29 is 4.79 Å². The number of urea groups is 1. The van der Waals surface area contributed by atoms with E-state index in [1.165, 1.54) is 0 Å². The van der Waals surface area contributed by atoms with Gasteiger partial charge in [0.15, 0.2) is 0 Å². The van der Waals surface area contributed by atoms with E-state index in [9.17, 15) is 4.79 Å². The number of aromatic nitrogens is 1. The average Bonchev–Trinajstić information content (AvgIpc) is 3.32. The third-order valence-corrected chi connectivity index (χ3v) is 5.59. The zero-order valence-corrected chi connectivity index (χ0v) is 17.3. The van der Waals surface area contributed by atoms with Crippen LogP contribution in [0.25, 0.3) is 0 Å². The molecule has 4 nitrogen and oxygen atoms in total. The van der Waals surface area contributed by atoms with E-state index in [1.807, 2.05) is 89.1 Å². The predicted molar refractivity (Wildman–Crippen MR) is 121 cm³/mol. The molecule has 0 aliphatic heterocycles. The normalized spacial score (nSPS) is 10.7. The lowest BCUT2D eigenvalue weighted by Gasteiger charge is -2.27. The van der Waals surface area contributed by atoms with E-state index in [0.29, 0.717) is 13.1 Å². The predicted octanol–water partition coefficient (Wildman–Crippen LogP) is 5.64. The molecule has 0 spiro atoms. The minimum Gasteiger partial charge on any atom is -0.327 e. The van der Waals surface area contributed by atoms with Crippen LogP contribution in [0.1, 0.15) is 28.4 Å². The van der Waals surface area contributed by atoms with Gasteiger partial charge >= 0.3 is 6.03 Å². The van der Waals surface area contributed by atoms with E-state index < -0.39 is 0 Å². The monoisotopic (exact) mass is 413 g/mol. The maximum absolute atomic E-state index is 13.4. The lowest BCUT2D eigenvalue weighted by atomic mass is 9.99. The highest BCUT2D eigenvalue weighted by atomic mass is 32.1. The molecule has 0 bridgehead atoms. The molecule has 0 radical (unpaired) electrons. The number of nitrogens with zero attached hydrogens (tertiary/aromatic N) is 2. The fourth-order valence-corrected chi connectivity index (χ4v) is 4.01. The summed E-state index contributed by atoms with van der Waals surface area (Å²) >= 11 is 1.63. The Hall–Kier alpha value is -3.44. The first-order chi connectivity index (χ1) is 14.8. The molecule has 4 aromatic rings. The maximum Gasteiger partial charge on any atom is 0.318 e. The van der Waals surface area contributed by atoms with Crippen molar-refractivity contribution in [2.24, 2.45) is 0 Å². The van der Waals surface area contributed by atoms with E-state index in [-0.39, 0.29) is 12.1 Å². The minimum atomic E-state index is -0.228. The van der Waals surface area contributed by atoms with Crippen molar-refractivity contribution in [2.75, 3.05) is 0 Å². The second-order valence-corrected chi connectivity index (χ2v) is 7.79. The zero-order valence-electron chi connectivity index (χ0n) is 16.5. The topological polar surface area (TPSA) is 45.2 Å². The molecule has 0 atom stereocenters. The van der Waals surface area contributed by atoms with Crippen molar-refractivity contribution in [3.8, 4) is 0 Å². The van der Waals surface area contributed by atoms with Gasteiger partial charge in [-0.25, -0.2) is 4.79 Å². The van der Waals surface area contributed by atoms with E-state index in [4.69, 9.17) is 0 Å². The number of benzene rings is 2. The van der Waals surface area contributed by atoms with Gasteiger partial charge in [0.25, 0.3) is 0 Å². The van der Waals surface area contributed by atoms with Gasteiger partial charge in [0.1, 0.15) is 0 Å². The number of hydrogen-bond donors (Lipinski definition) is 1. The molecular weight excluding hydrogens is 390 g/mol. The standard InChI is InChI=1S/C25H23N3OS/c29-25(27-24(21-9-3-1-4-10-21)22-11-5-2-6-12-22)28(17-20-14-16-30-19-20)18-23-13-7-8-15-26-23/h1-16,19,24H,17-18H2,(H,27,29). The summed E-state index contributed by atoms with van der Waals surface area (Å²) in [5, 5.41) is 7.35. The Bertz CT molecular complexity index is 998. The molecule has 0 unspecified atom stereocenters. The first-order valence-electron chi connectivity index (χ1n) is 9.86. The molecule has 2 heterocycles. The van der Waals surface area contributed by atoms with Crippen LogP contribution in [0.5, 0.6) is 0 Å². The van der Waals surface area contributed by atoms with Gasteiger partial charge in [-0.3, -0.25) is 4.98 Å². The summed E-state index contributed by atoms with van der Waals surface area (Å²) in [6, 6.07) is 27.6. The molecule has 2 aromatic carbocycles. The first kappa shape index (κ1) is 19.9. The molecule has 5 heteroatoms. The van der Waals surface area contributed by atoms with Crippen LogP contribution in [0.2, 0.25) is 0 Å². The van der Waals surface area contributed by atoms with Crippen LogP contribution in [-0.4, -0.2) is 15.9 Å². The van der Waals surface area contributed by atoms with Gasteiger partial charge in [0.2, 0.25) is 0 Å². The minimum absolute atomic E-state index is 0.121. The van der Waals surface area contributed by atoms with Crippen molar-refractivity contribution in [1.29, 1.82) is 0 Å². The second kappa shape index (κ2) is 9.85. The highest BCUT2D eigenvalue weighted by Crippen LogP contribution is 2.23. The van der Waals surface area contributed by atoms with Crippen LogP contribution < -0.4 is 5.32 Å². The molecule has 1 N–H and O–H groups in total. The van der Waals surface area contributed by atoms with Gasteiger partial charge in [0, 0.05) is 12.7 Å². The number of nitrogens with one attached hydrogen (secondary N) is 1. The van der Waals surface area contributed by atoms with Gasteiger partial charge in [0.05, 0.1) is 18.3 Å². The average molecular weight is 414 g/mol. The zero-order chi connectivity index (χ0) is 20.6. The molecule has 0 aliphatic carbocycles. The largest absolute Gasteiger partial charge is 0.327 e. The summed E-state index contributed by atoms with van der Waals surface area (Å²) in [6.07, 6.45) is 1.76. The quantitative estimate of drug-likeness (QED) is 0.426. The number of carbonyl (C=O) groups is 1. The number of amides is 2. The summed E-state index contributed by atoms with van der Waals surface area (Å²) in [4.78, 5) is 19.6. The van der Waals surface area contributed by atoms with Crippen LogP contribution in [0.3, 0.4) is 0 Å². The molecule has 0 aliphatic rings. The van der Waals surface area contributed by atoms with E-state index in [2.05, 4.69) is 21.7 Å². The van der Waals surface area contributed by atoms with E-state index in [1.54, 1.807) is 17.5 Å². The van der Waals surface area contributed by atoms with Crippen LogP contribution >= 0.6 is 11.3 Å². The van der Waals surface area contributed by atoms with Crippen molar-refractivity contribution in [2.45, 2.75) is 19.1 Å². The van der Waals surface area contributed by atoms with Gasteiger partial charge in [-0.15, -0.1) is 0 Å². The molecule has 30 heavy (non-hydrogen) atoms. The van der Waals surface area contributed by atoms with E-state index >= 15 is 0 Å². The number of thiophene rings is 1. The molecule has 0 fully saturated rings. The van der Waals surface area contributed by atoms with Gasteiger partial charge in [-0.05, 0) is 45.6 Å². The number of hydrogen-bond acceptors (Lipinski definition) is 3. The van der Waals surface area contributed by atoms with Crippen LogP contribution in [-0.2, 0) is 13.1 Å². The van der Waals surface area contributed by atoms with Crippen LogP contribution in [0, 0.1) is 0 Å². The Morgan fingerprint density at radius 3 is 2.10 bits per heavy atom. The Balaban J connectivity index is 1.60. The van der Waals surface area contributed by atoms with Crippen molar-refractivity contribution in [1.82, 2.24) is 15.2 Å². The van der Waals surface area contributed by atoms with Gasteiger partial charge in [-0.1, -0.05) is 66.7 Å². The highest BCUT2D eigenvalue weighted by molar-refractivity contribution is 7.07. The Morgan fingerprint density at radius 2 is 1.53 bits per heavy atom. The fraction of sp³-hybridized carbons (Fsp3) is 0.120. The lowest BCUT2D eigenvalue weighted by Crippen LogP contribution is -2.41. The molecule has 0 saturated carbocycles. The number of pyridine rings is 1. The second-order valence-electron chi connectivity index (χ2n) is 7.01. The summed E-state index contributed by atoms with van der Waals surface area (Å²) in [5.74, 6) is 0. The van der Waals surface area contributed by atoms with E-state index in [0.717, 1.165) is 22.4 Å². The van der Waals surface area contributed by atoms with Crippen LogP contribution in [0.15, 0.2) is 102 Å². The third-order valence-electron chi connectivity index (χ3n) is 4.85. The van der Waals surface area contributed by atoms with Crippen molar-refractivity contribution in [3.05, 3.63) is 124 Å². The first-order valence-corrected chi connectivity index (χ1v) is 10.8. The Morgan fingerprint density at radius 1 is 0.867 bits per heavy atom. The Kier molecular flexibility index (Phi) is 6.52. The lowest BCUT2D eigenvalue weighted by molar-refractivity contribution is 0.189. The molecule has 4 rings (SSSR count). The molecule has 150 valence electrons. The summed E-state index contributed by atoms with van der Waals surface area (Å²) in [7, 11) is 0. The summed E-state index contributed by atoms with van der Waals surface area (Å²) in [6.45, 7) is 0.973. The number of rotatable bonds is 7. The van der Waals surface area contributed by atoms with Crippen molar-refractivity contribution >= 4 is 17.4 Å². The maximum atomic E-state index is 13.4. The molecular formula is C25H23N3OS. The van der Waals surface area contributed by atoms with Crippen LogP contribution in [0.4, 0.5) is 4.79 Å². The number of carbonyl (C=O) groups excluding carboxylic acids is 1. The molecule has 2 amide bonds. The Labute approximate surface area is 180 Å². The smallest absolute Gasteiger partial charge is 0.318 e. The third kappa shape index (κ3) is 5.13. The highest BCUT2D eigenvalue weighted by Gasteiger charge is 2.21. The SMILES string of the molecule is O=C(NC(c1ccccc1)c1ccccc1)N(Cc1ccsc1)Cc1ccccn1.